The summed E-state index contributed by atoms with van der Waals surface area (Å²) in [5, 5.41) is 7.71. The summed E-state index contributed by atoms with van der Waals surface area (Å²) in [6, 6.07) is 1.55. The van der Waals surface area contributed by atoms with Gasteiger partial charge in [0.2, 0.25) is 5.95 Å². The minimum atomic E-state index is -0.821. The molecule has 1 saturated heterocycles. The summed E-state index contributed by atoms with van der Waals surface area (Å²) in [7, 11) is 1.69. The van der Waals surface area contributed by atoms with Crippen LogP contribution in [0.25, 0.3) is 22.3 Å². The topological polar surface area (TPSA) is 132 Å². The zero-order chi connectivity index (χ0) is 21.9. The van der Waals surface area contributed by atoms with Crippen LogP contribution in [0.1, 0.15) is 25.7 Å². The van der Waals surface area contributed by atoms with Crippen molar-refractivity contribution in [2.45, 2.75) is 37.9 Å². The van der Waals surface area contributed by atoms with Crippen molar-refractivity contribution in [3.05, 3.63) is 27.6 Å². The van der Waals surface area contributed by atoms with Crippen LogP contribution in [0.5, 0.6) is 0 Å². The number of nitrogens with one attached hydrogen (secondary N) is 1. The summed E-state index contributed by atoms with van der Waals surface area (Å²) in [4.78, 5) is 24.0. The Labute approximate surface area is 182 Å². The first-order valence-corrected chi connectivity index (χ1v) is 10.7. The largest absolute Gasteiger partial charge is 0.382 e. The molecule has 0 radical (unpaired) electrons. The van der Waals surface area contributed by atoms with Crippen molar-refractivity contribution in [2.24, 2.45) is 18.2 Å². The average Bonchev–Trinajstić information content (AvgIpc) is 3.28. The normalized spacial score (nSPS) is 23.2. The number of alkyl halides is 1. The molecule has 5 rings (SSSR count). The summed E-state index contributed by atoms with van der Waals surface area (Å²) >= 11 is 6.30. The van der Waals surface area contributed by atoms with E-state index in [9.17, 15) is 9.18 Å². The summed E-state index contributed by atoms with van der Waals surface area (Å²) in [6.45, 7) is 1.33. The van der Waals surface area contributed by atoms with Crippen molar-refractivity contribution in [3.63, 3.8) is 0 Å². The first-order valence-electron chi connectivity index (χ1n) is 10.3. The van der Waals surface area contributed by atoms with Crippen molar-refractivity contribution in [1.29, 1.82) is 0 Å². The lowest BCUT2D eigenvalue weighted by Crippen LogP contribution is -2.48. The smallest absolute Gasteiger partial charge is 0.266 e. The Bertz CT molecular complexity index is 1220. The fourth-order valence-corrected chi connectivity index (χ4v) is 5.30. The monoisotopic (exact) mass is 446 g/mol. The summed E-state index contributed by atoms with van der Waals surface area (Å²) in [5.41, 5.74) is 13.0. The van der Waals surface area contributed by atoms with Crippen LogP contribution in [0.4, 0.5) is 16.2 Å². The standard InChI is InChI=1S/C20H24ClFN8O/c1-29-18(31)13-15(11-2-5-25-16(24)14(11)21)27-28-17(13)26-19(29)30-6-3-20(4-7-30)9-10(22)8-12(20)23/h2,5,10,12H,3-4,6-9,23H2,1H3,(H2,24,25)(H,27,28)/t10-,12-/m1/s1. The number of fused-ring (bicyclic) bond motifs is 1. The molecule has 2 atom stereocenters. The van der Waals surface area contributed by atoms with E-state index in [4.69, 9.17) is 23.1 Å². The van der Waals surface area contributed by atoms with Crippen LogP contribution in [0.15, 0.2) is 17.1 Å². The minimum Gasteiger partial charge on any atom is -0.382 e. The molecule has 4 heterocycles. The highest BCUT2D eigenvalue weighted by molar-refractivity contribution is 6.35. The van der Waals surface area contributed by atoms with Crippen LogP contribution in [0.2, 0.25) is 5.02 Å². The van der Waals surface area contributed by atoms with E-state index < -0.39 is 6.17 Å². The van der Waals surface area contributed by atoms with Crippen molar-refractivity contribution >= 4 is 34.4 Å². The second-order valence-electron chi connectivity index (χ2n) is 8.62. The average molecular weight is 447 g/mol. The van der Waals surface area contributed by atoms with Crippen LogP contribution in [-0.2, 0) is 7.05 Å². The van der Waals surface area contributed by atoms with E-state index in [2.05, 4.69) is 25.1 Å². The Kier molecular flexibility index (Phi) is 4.67. The number of hydrogen-bond acceptors (Lipinski definition) is 7. The Morgan fingerprint density at radius 1 is 1.35 bits per heavy atom. The summed E-state index contributed by atoms with van der Waals surface area (Å²) in [6.07, 6.45) is 3.21. The number of nitrogens with zero attached hydrogens (tertiary/aromatic N) is 5. The number of aromatic amines is 1. The number of rotatable bonds is 2. The molecule has 0 amide bonds. The van der Waals surface area contributed by atoms with Gasteiger partial charge in [-0.25, -0.2) is 9.37 Å². The van der Waals surface area contributed by atoms with E-state index in [0.717, 1.165) is 12.8 Å². The molecule has 9 nitrogen and oxygen atoms in total. The highest BCUT2D eigenvalue weighted by Crippen LogP contribution is 2.47. The summed E-state index contributed by atoms with van der Waals surface area (Å²) < 4.78 is 15.4. The van der Waals surface area contributed by atoms with Gasteiger partial charge in [-0.1, -0.05) is 11.6 Å². The number of H-pyrrole nitrogens is 1. The molecule has 3 aromatic heterocycles. The number of halogens is 2. The predicted octanol–water partition coefficient (Wildman–Crippen LogP) is 2.00. The van der Waals surface area contributed by atoms with Crippen LogP contribution in [0.3, 0.4) is 0 Å². The number of nitrogens with two attached hydrogens (primary N) is 2. The van der Waals surface area contributed by atoms with Gasteiger partial charge < -0.3 is 16.4 Å². The first kappa shape index (κ1) is 20.2. The third-order valence-electron chi connectivity index (χ3n) is 6.92. The first-order chi connectivity index (χ1) is 14.8. The lowest BCUT2D eigenvalue weighted by atomic mass is 9.74. The third-order valence-corrected chi connectivity index (χ3v) is 7.31. The zero-order valence-electron chi connectivity index (χ0n) is 17.1. The van der Waals surface area contributed by atoms with E-state index in [1.54, 1.807) is 13.1 Å². The van der Waals surface area contributed by atoms with Crippen LogP contribution < -0.4 is 21.9 Å². The van der Waals surface area contributed by atoms with Crippen molar-refractivity contribution in [1.82, 2.24) is 24.7 Å². The number of piperidine rings is 1. The quantitative estimate of drug-likeness (QED) is 0.548. The Morgan fingerprint density at radius 3 is 2.77 bits per heavy atom. The molecular weight excluding hydrogens is 423 g/mol. The molecule has 0 unspecified atom stereocenters. The maximum Gasteiger partial charge on any atom is 0.266 e. The predicted molar refractivity (Wildman–Crippen MR) is 118 cm³/mol. The molecule has 31 heavy (non-hydrogen) atoms. The molecule has 1 spiro atoms. The Morgan fingerprint density at radius 2 is 2.10 bits per heavy atom. The van der Waals surface area contributed by atoms with Crippen LogP contribution >= 0.6 is 11.6 Å². The van der Waals surface area contributed by atoms with E-state index in [-0.39, 0.29) is 27.9 Å². The molecule has 2 aliphatic rings. The number of hydrogen-bond donors (Lipinski definition) is 3. The van der Waals surface area contributed by atoms with Gasteiger partial charge >= 0.3 is 0 Å². The molecule has 11 heteroatoms. The lowest BCUT2D eigenvalue weighted by Gasteiger charge is -2.42. The number of aromatic nitrogens is 5. The van der Waals surface area contributed by atoms with Gasteiger partial charge in [-0.3, -0.25) is 14.5 Å². The minimum absolute atomic E-state index is 0.114. The number of nitrogen functional groups attached to an aromatic ring is 1. The van der Waals surface area contributed by atoms with E-state index >= 15 is 0 Å². The molecule has 1 aliphatic heterocycles. The SMILES string of the molecule is Cn1c(N2CCC3(CC2)C[C@H](F)C[C@H]3N)nc2[nH]nc(-c3ccnc(N)c3Cl)c2c1=O. The second kappa shape index (κ2) is 7.16. The van der Waals surface area contributed by atoms with E-state index in [0.29, 0.717) is 54.2 Å². The van der Waals surface area contributed by atoms with Crippen LogP contribution in [0, 0.1) is 5.41 Å². The molecule has 3 aromatic rings. The van der Waals surface area contributed by atoms with Gasteiger partial charge in [0, 0.05) is 37.9 Å². The molecule has 164 valence electrons. The van der Waals surface area contributed by atoms with Gasteiger partial charge in [0.25, 0.3) is 5.56 Å². The highest BCUT2D eigenvalue weighted by atomic mass is 35.5. The molecule has 1 saturated carbocycles. The van der Waals surface area contributed by atoms with Crippen molar-refractivity contribution < 1.29 is 4.39 Å². The number of pyridine rings is 1. The van der Waals surface area contributed by atoms with Gasteiger partial charge in [-0.2, -0.15) is 10.1 Å². The van der Waals surface area contributed by atoms with Crippen LogP contribution in [-0.4, -0.2) is 50.0 Å². The van der Waals surface area contributed by atoms with Gasteiger partial charge in [-0.15, -0.1) is 0 Å². The molecule has 5 N–H and O–H groups in total. The Hall–Kier alpha value is -2.72. The fourth-order valence-electron chi connectivity index (χ4n) is 5.10. The maximum atomic E-state index is 13.9. The van der Waals surface area contributed by atoms with Gasteiger partial charge in [0.1, 0.15) is 23.1 Å². The van der Waals surface area contributed by atoms with Crippen molar-refractivity contribution in [3.8, 4) is 11.3 Å². The van der Waals surface area contributed by atoms with Crippen molar-refractivity contribution in [2.75, 3.05) is 23.7 Å². The van der Waals surface area contributed by atoms with E-state index in [1.807, 2.05) is 0 Å². The second-order valence-corrected chi connectivity index (χ2v) is 9.00. The summed E-state index contributed by atoms with van der Waals surface area (Å²) in [5.74, 6) is 0.714. The van der Waals surface area contributed by atoms with Gasteiger partial charge in [0.15, 0.2) is 5.65 Å². The lowest BCUT2D eigenvalue weighted by molar-refractivity contribution is 0.183. The number of anilines is 2. The van der Waals surface area contributed by atoms with Gasteiger partial charge in [0.05, 0.1) is 5.02 Å². The maximum absolute atomic E-state index is 13.9. The molecule has 0 bridgehead atoms. The molecule has 1 aliphatic carbocycles. The third kappa shape index (κ3) is 3.08. The Balaban J connectivity index is 1.51. The molecular formula is C20H24ClFN8O. The molecule has 0 aromatic carbocycles. The zero-order valence-corrected chi connectivity index (χ0v) is 17.9. The molecule has 2 fully saturated rings. The highest BCUT2D eigenvalue weighted by Gasteiger charge is 2.47. The van der Waals surface area contributed by atoms with E-state index in [1.165, 1.54) is 10.8 Å². The fraction of sp³-hybridized carbons (Fsp3) is 0.500. The van der Waals surface area contributed by atoms with Gasteiger partial charge in [-0.05, 0) is 37.2 Å².